The molecule has 61 heavy (non-hydrogen) atoms. The number of ether oxygens (including phenoxy) is 2. The third-order valence-electron chi connectivity index (χ3n) is 10.7. The van der Waals surface area contributed by atoms with Crippen molar-refractivity contribution in [1.82, 2.24) is 20.9 Å². The largest absolute Gasteiger partial charge is 0.467 e. The maximum absolute atomic E-state index is 15.1. The highest BCUT2D eigenvalue weighted by molar-refractivity contribution is 8.00. The van der Waals surface area contributed by atoms with Crippen molar-refractivity contribution in [2.24, 2.45) is 5.41 Å². The zero-order chi connectivity index (χ0) is 44.2. The van der Waals surface area contributed by atoms with Gasteiger partial charge in [0, 0.05) is 25.3 Å². The molecule has 0 aliphatic carbocycles. The molecule has 12 heteroatoms. The van der Waals surface area contributed by atoms with Gasteiger partial charge in [-0.1, -0.05) is 136 Å². The van der Waals surface area contributed by atoms with E-state index in [0.717, 1.165) is 27.8 Å². The number of alkyl carbamates (subject to hydrolysis) is 1. The number of esters is 1. The number of methoxy groups -OCH3 is 1. The average Bonchev–Trinajstić information content (AvgIpc) is 3.24. The predicted octanol–water partition coefficient (Wildman–Crippen LogP) is 7.97. The second kappa shape index (κ2) is 21.3. The summed E-state index contributed by atoms with van der Waals surface area (Å²) >= 11 is 3.28. The van der Waals surface area contributed by atoms with Gasteiger partial charge in [-0.25, -0.2) is 9.59 Å². The fourth-order valence-electron chi connectivity index (χ4n) is 7.69. The molecule has 1 heterocycles. The van der Waals surface area contributed by atoms with Gasteiger partial charge in [0.2, 0.25) is 11.8 Å². The number of amides is 3. The fraction of sp³-hybridized carbons (Fsp3) is 0.429. The van der Waals surface area contributed by atoms with Crippen molar-refractivity contribution in [3.8, 4) is 0 Å². The van der Waals surface area contributed by atoms with Gasteiger partial charge in [-0.3, -0.25) is 9.59 Å². The Morgan fingerprint density at radius 1 is 0.754 bits per heavy atom. The van der Waals surface area contributed by atoms with Crippen LogP contribution in [0.15, 0.2) is 115 Å². The van der Waals surface area contributed by atoms with Gasteiger partial charge in [0.05, 0.1) is 23.9 Å². The zero-order valence-corrected chi connectivity index (χ0v) is 38.4. The predicted molar refractivity (Wildman–Crippen MR) is 247 cm³/mol. The van der Waals surface area contributed by atoms with Gasteiger partial charge < -0.3 is 30.3 Å². The van der Waals surface area contributed by atoms with Crippen LogP contribution in [0.3, 0.4) is 0 Å². The highest BCUT2D eigenvalue weighted by atomic mass is 32.2. The molecule has 4 atom stereocenters. The third-order valence-corrected chi connectivity index (χ3v) is 13.0. The van der Waals surface area contributed by atoms with Crippen LogP contribution < -0.4 is 16.0 Å². The first-order valence-corrected chi connectivity index (χ1v) is 23.2. The number of hydrogen-bond acceptors (Lipinski definition) is 9. The summed E-state index contributed by atoms with van der Waals surface area (Å²) in [6.45, 7) is 11.9. The number of benzene rings is 4. The number of thioether (sulfide) groups is 2. The molecule has 4 aromatic carbocycles. The smallest absolute Gasteiger partial charge is 0.407 e. The second-order valence-electron chi connectivity index (χ2n) is 17.5. The van der Waals surface area contributed by atoms with E-state index >= 15 is 4.79 Å². The number of fused-ring (bicyclic) bond motifs is 1. The lowest BCUT2D eigenvalue weighted by atomic mass is 9.84. The maximum atomic E-state index is 15.1. The van der Waals surface area contributed by atoms with Crippen LogP contribution in [0.1, 0.15) is 75.8 Å². The highest BCUT2D eigenvalue weighted by Gasteiger charge is 2.43. The second-order valence-corrected chi connectivity index (χ2v) is 19.7. The minimum absolute atomic E-state index is 0.217. The van der Waals surface area contributed by atoms with Gasteiger partial charge >= 0.3 is 12.1 Å². The summed E-state index contributed by atoms with van der Waals surface area (Å²) in [6, 6.07) is 35.9. The van der Waals surface area contributed by atoms with Crippen molar-refractivity contribution in [3.63, 3.8) is 0 Å². The van der Waals surface area contributed by atoms with E-state index in [2.05, 4.69) is 52.3 Å². The topological polar surface area (TPSA) is 126 Å². The van der Waals surface area contributed by atoms with Crippen molar-refractivity contribution >= 4 is 47.4 Å². The van der Waals surface area contributed by atoms with Crippen LogP contribution in [0.2, 0.25) is 0 Å². The van der Waals surface area contributed by atoms with Crippen molar-refractivity contribution in [1.29, 1.82) is 0 Å². The van der Waals surface area contributed by atoms with E-state index in [1.807, 2.05) is 127 Å². The number of carbonyl (C=O) groups excluding carboxylic acids is 4. The lowest BCUT2D eigenvalue weighted by Crippen LogP contribution is -2.62. The molecule has 3 amide bonds. The normalized spacial score (nSPS) is 15.7. The summed E-state index contributed by atoms with van der Waals surface area (Å²) in [7, 11) is 1.31. The summed E-state index contributed by atoms with van der Waals surface area (Å²) in [5, 5.41) is 9.64. The molecular formula is C49H62N4O6S2. The van der Waals surface area contributed by atoms with Crippen LogP contribution >= 0.6 is 23.5 Å². The molecule has 0 aromatic heterocycles. The fourth-order valence-corrected chi connectivity index (χ4v) is 9.73. The van der Waals surface area contributed by atoms with Gasteiger partial charge in [-0.05, 0) is 72.4 Å². The minimum atomic E-state index is -0.870. The van der Waals surface area contributed by atoms with E-state index in [1.165, 1.54) is 7.11 Å². The SMILES string of the molecule is COC(=O)[C@H](CCSC)NC(=O)[C@@H]1Cc2ccccc2CN1C(=O)[C@@H](NC[C@H](CSC(c1ccccc1)(c1ccccc1)c1ccccc1)NC(=O)OC(C)(C)C)C(C)(C)C. The molecule has 0 radical (unpaired) electrons. The summed E-state index contributed by atoms with van der Waals surface area (Å²) in [5.74, 6) is -0.110. The Morgan fingerprint density at radius 2 is 1.28 bits per heavy atom. The first kappa shape index (κ1) is 47.3. The summed E-state index contributed by atoms with van der Waals surface area (Å²) in [6.07, 6.45) is 2.07. The van der Waals surface area contributed by atoms with Gasteiger partial charge in [0.1, 0.15) is 17.7 Å². The summed E-state index contributed by atoms with van der Waals surface area (Å²) in [5.41, 5.74) is 3.84. The van der Waals surface area contributed by atoms with Gasteiger partial charge in [0.25, 0.3) is 0 Å². The molecule has 4 aromatic rings. The molecule has 0 bridgehead atoms. The van der Waals surface area contributed by atoms with Crippen LogP contribution in [0.4, 0.5) is 4.79 Å². The Hall–Kier alpha value is -4.78. The van der Waals surface area contributed by atoms with E-state index < -0.39 is 57.9 Å². The van der Waals surface area contributed by atoms with Crippen LogP contribution in [0.5, 0.6) is 0 Å². The molecule has 1 aliphatic heterocycles. The summed E-state index contributed by atoms with van der Waals surface area (Å²) in [4.78, 5) is 57.3. The van der Waals surface area contributed by atoms with Crippen LogP contribution in [0, 0.1) is 5.41 Å². The maximum Gasteiger partial charge on any atom is 0.407 e. The lowest BCUT2D eigenvalue weighted by Gasteiger charge is -2.42. The van der Waals surface area contributed by atoms with Gasteiger partial charge in [0.15, 0.2) is 0 Å². The first-order chi connectivity index (χ1) is 29.1. The van der Waals surface area contributed by atoms with Crippen LogP contribution in [-0.4, -0.2) is 90.0 Å². The number of nitrogens with zero attached hydrogens (tertiary/aromatic N) is 1. The Balaban J connectivity index is 1.49. The van der Waals surface area contributed by atoms with E-state index in [9.17, 15) is 14.4 Å². The summed E-state index contributed by atoms with van der Waals surface area (Å²) < 4.78 is 10.2. The number of nitrogens with one attached hydrogen (secondary N) is 3. The zero-order valence-electron chi connectivity index (χ0n) is 36.7. The molecule has 10 nitrogen and oxygen atoms in total. The Labute approximate surface area is 370 Å². The van der Waals surface area contributed by atoms with E-state index in [0.29, 0.717) is 24.3 Å². The van der Waals surface area contributed by atoms with E-state index in [-0.39, 0.29) is 19.0 Å². The first-order valence-electron chi connectivity index (χ1n) is 20.8. The van der Waals surface area contributed by atoms with Crippen molar-refractivity contribution < 1.29 is 28.7 Å². The molecule has 326 valence electrons. The van der Waals surface area contributed by atoms with Crippen molar-refractivity contribution in [3.05, 3.63) is 143 Å². The number of carbonyl (C=O) groups is 4. The third kappa shape index (κ3) is 12.4. The molecule has 1 aliphatic rings. The highest BCUT2D eigenvalue weighted by Crippen LogP contribution is 2.48. The lowest BCUT2D eigenvalue weighted by molar-refractivity contribution is -0.148. The molecule has 3 N–H and O–H groups in total. The van der Waals surface area contributed by atoms with Crippen LogP contribution in [0.25, 0.3) is 0 Å². The van der Waals surface area contributed by atoms with Gasteiger partial charge in [-0.15, -0.1) is 11.8 Å². The van der Waals surface area contributed by atoms with Crippen molar-refractivity contribution in [2.75, 3.05) is 31.4 Å². The number of hydrogen-bond donors (Lipinski definition) is 3. The van der Waals surface area contributed by atoms with Crippen molar-refractivity contribution in [2.45, 2.75) is 95.4 Å². The molecule has 0 unspecified atom stereocenters. The van der Waals surface area contributed by atoms with E-state index in [1.54, 1.807) is 28.4 Å². The number of rotatable bonds is 17. The Bertz CT molecular complexity index is 1960. The molecular weight excluding hydrogens is 805 g/mol. The Kier molecular flexibility index (Phi) is 16.5. The molecule has 0 spiro atoms. The van der Waals surface area contributed by atoms with Gasteiger partial charge in [-0.2, -0.15) is 11.8 Å². The molecule has 0 fully saturated rings. The molecule has 0 saturated heterocycles. The molecule has 0 saturated carbocycles. The Morgan fingerprint density at radius 3 is 1.77 bits per heavy atom. The average molecular weight is 867 g/mol. The monoisotopic (exact) mass is 866 g/mol. The minimum Gasteiger partial charge on any atom is -0.467 e. The van der Waals surface area contributed by atoms with Crippen LogP contribution in [-0.2, 0) is 41.6 Å². The standard InChI is InChI=1S/C49H62N4O6S2/c1-47(2,3)42(44(55)53-32-35-21-19-18-20-34(35)30-41(53)43(54)52-40(28-29-60-8)45(56)58-7)50-31-39(51-46(57)59-48(4,5)6)33-61-49(36-22-12-9-13-23-36,37-24-14-10-15-25-37)38-26-16-11-17-27-38/h9-27,39-42,50H,28-33H2,1-8H3,(H,51,57)(H,52,54)/t39-,40+,41+,42-/m1/s1. The van der Waals surface area contributed by atoms with E-state index in [4.69, 9.17) is 9.47 Å². The quantitative estimate of drug-likeness (QED) is 0.0716. The molecule has 5 rings (SSSR count).